The summed E-state index contributed by atoms with van der Waals surface area (Å²) >= 11 is 0. The average molecular weight is 327 g/mol. The zero-order chi connectivity index (χ0) is 17.1. The summed E-state index contributed by atoms with van der Waals surface area (Å²) in [4.78, 5) is 30.4. The maximum Gasteiger partial charge on any atom is 0.267 e. The molecule has 1 aliphatic rings. The van der Waals surface area contributed by atoms with Gasteiger partial charge in [0.25, 0.3) is 5.91 Å². The highest BCUT2D eigenvalue weighted by atomic mass is 16.5. The lowest BCUT2D eigenvalue weighted by Gasteiger charge is -2.32. The average Bonchev–Trinajstić information content (AvgIpc) is 3.09. The van der Waals surface area contributed by atoms with Crippen molar-refractivity contribution in [2.24, 2.45) is 0 Å². The van der Waals surface area contributed by atoms with Crippen molar-refractivity contribution in [3.8, 4) is 5.75 Å². The Morgan fingerprint density at radius 3 is 2.92 bits per heavy atom. The van der Waals surface area contributed by atoms with Gasteiger partial charge in [0, 0.05) is 25.0 Å². The van der Waals surface area contributed by atoms with Crippen molar-refractivity contribution < 1.29 is 14.3 Å². The Kier molecular flexibility index (Phi) is 4.64. The first-order valence-electron chi connectivity index (χ1n) is 8.17. The van der Waals surface area contributed by atoms with E-state index in [9.17, 15) is 9.59 Å². The van der Waals surface area contributed by atoms with E-state index in [4.69, 9.17) is 4.74 Å². The molecular weight excluding hydrogens is 306 g/mol. The molecule has 2 heterocycles. The molecule has 0 aliphatic carbocycles. The molecule has 0 saturated heterocycles. The molecule has 3 rings (SSSR count). The summed E-state index contributed by atoms with van der Waals surface area (Å²) in [5.41, 5.74) is 1.20. The molecule has 1 unspecified atom stereocenters. The van der Waals surface area contributed by atoms with Crippen molar-refractivity contribution in [3.63, 3.8) is 0 Å². The number of hydrogen-bond acceptors (Lipinski definition) is 4. The second-order valence-electron chi connectivity index (χ2n) is 5.99. The molecule has 126 valence electrons. The molecule has 1 aromatic carbocycles. The Morgan fingerprint density at radius 2 is 2.21 bits per heavy atom. The maximum absolute atomic E-state index is 12.4. The lowest BCUT2D eigenvalue weighted by molar-refractivity contribution is -0.126. The first-order valence-corrected chi connectivity index (χ1v) is 8.17. The number of carbonyl (C=O) groups is 2. The first kappa shape index (κ1) is 16.2. The number of likely N-dealkylation sites (N-methyl/N-ethyl adjacent to an activating group) is 1. The van der Waals surface area contributed by atoms with Crippen LogP contribution in [-0.2, 0) is 11.3 Å². The number of imidazole rings is 1. The number of ether oxygens (including phenoxy) is 1. The van der Waals surface area contributed by atoms with Crippen LogP contribution >= 0.6 is 0 Å². The van der Waals surface area contributed by atoms with Crippen LogP contribution in [0.3, 0.4) is 0 Å². The van der Waals surface area contributed by atoms with Crippen LogP contribution in [0.4, 0.5) is 5.69 Å². The third-order valence-electron chi connectivity index (χ3n) is 4.22. The van der Waals surface area contributed by atoms with Crippen LogP contribution in [0.25, 0.3) is 0 Å². The van der Waals surface area contributed by atoms with Crippen LogP contribution in [0, 0.1) is 0 Å². The molecule has 6 nitrogen and oxygen atoms in total. The monoisotopic (exact) mass is 327 g/mol. The van der Waals surface area contributed by atoms with E-state index in [2.05, 4.69) is 11.9 Å². The quantitative estimate of drug-likeness (QED) is 0.765. The molecule has 0 saturated carbocycles. The van der Waals surface area contributed by atoms with Crippen LogP contribution < -0.4 is 9.64 Å². The van der Waals surface area contributed by atoms with Gasteiger partial charge in [0.15, 0.2) is 11.9 Å². The van der Waals surface area contributed by atoms with E-state index >= 15 is 0 Å². The Morgan fingerprint density at radius 1 is 1.38 bits per heavy atom. The number of rotatable bonds is 6. The smallest absolute Gasteiger partial charge is 0.267 e. The molecule has 1 aliphatic heterocycles. The van der Waals surface area contributed by atoms with Gasteiger partial charge in [-0.2, -0.15) is 0 Å². The van der Waals surface area contributed by atoms with E-state index in [1.54, 1.807) is 53.4 Å². The number of unbranched alkanes of at least 4 members (excludes halogenated alkanes) is 1. The van der Waals surface area contributed by atoms with Gasteiger partial charge in [0.05, 0.1) is 18.6 Å². The number of ketones is 1. The zero-order valence-electron chi connectivity index (χ0n) is 13.9. The number of carbonyl (C=O) groups excluding carboxylic acids is 2. The number of nitrogens with zero attached hydrogens (tertiary/aromatic N) is 3. The summed E-state index contributed by atoms with van der Waals surface area (Å²) in [7, 11) is 1.73. The number of anilines is 1. The molecule has 2 aromatic rings. The largest absolute Gasteiger partial charge is 0.478 e. The summed E-state index contributed by atoms with van der Waals surface area (Å²) in [5, 5.41) is 0. The normalized spacial score (nSPS) is 16.7. The minimum Gasteiger partial charge on any atom is -0.478 e. The summed E-state index contributed by atoms with van der Waals surface area (Å²) in [6.07, 6.45) is 7.22. The summed E-state index contributed by atoms with van der Waals surface area (Å²) in [5.74, 6) is 0.553. The molecule has 0 spiro atoms. The molecule has 1 atom stereocenters. The predicted octanol–water partition coefficient (Wildman–Crippen LogP) is 2.68. The van der Waals surface area contributed by atoms with Crippen molar-refractivity contribution in [1.82, 2.24) is 9.55 Å². The molecule has 0 bridgehead atoms. The van der Waals surface area contributed by atoms with Crippen LogP contribution in [0.1, 0.15) is 36.5 Å². The molecule has 6 heteroatoms. The van der Waals surface area contributed by atoms with E-state index in [0.29, 0.717) is 23.4 Å². The van der Waals surface area contributed by atoms with E-state index in [1.165, 1.54) is 0 Å². The molecule has 0 fully saturated rings. The highest BCUT2D eigenvalue weighted by Gasteiger charge is 2.32. The maximum atomic E-state index is 12.4. The molecule has 1 aromatic heterocycles. The van der Waals surface area contributed by atoms with Gasteiger partial charge in [-0.1, -0.05) is 13.3 Å². The fourth-order valence-electron chi connectivity index (χ4n) is 2.80. The molecule has 1 amide bonds. The Hall–Kier alpha value is -2.63. The van der Waals surface area contributed by atoms with Crippen molar-refractivity contribution >= 4 is 17.4 Å². The molecule has 24 heavy (non-hydrogen) atoms. The highest BCUT2D eigenvalue weighted by molar-refractivity contribution is 6.02. The zero-order valence-corrected chi connectivity index (χ0v) is 13.9. The summed E-state index contributed by atoms with van der Waals surface area (Å²) in [6, 6.07) is 5.25. The van der Waals surface area contributed by atoms with Gasteiger partial charge in [-0.3, -0.25) is 9.59 Å². The summed E-state index contributed by atoms with van der Waals surface area (Å²) in [6.45, 7) is 2.31. The minimum absolute atomic E-state index is 0.0373. The Labute approximate surface area is 141 Å². The number of Topliss-reactive ketones (excluding diaryl/α,β-unsaturated/α-hetero) is 1. The third-order valence-corrected chi connectivity index (χ3v) is 4.22. The van der Waals surface area contributed by atoms with E-state index < -0.39 is 6.10 Å². The van der Waals surface area contributed by atoms with Crippen molar-refractivity contribution in [3.05, 3.63) is 42.5 Å². The number of aromatic nitrogens is 2. The highest BCUT2D eigenvalue weighted by Crippen LogP contribution is 2.35. The van der Waals surface area contributed by atoms with Crippen LogP contribution in [0.15, 0.2) is 36.9 Å². The van der Waals surface area contributed by atoms with Crippen molar-refractivity contribution in [1.29, 1.82) is 0 Å². The van der Waals surface area contributed by atoms with E-state index in [0.717, 1.165) is 12.8 Å². The van der Waals surface area contributed by atoms with Gasteiger partial charge in [-0.25, -0.2) is 4.98 Å². The van der Waals surface area contributed by atoms with Gasteiger partial charge >= 0.3 is 0 Å². The first-order chi connectivity index (χ1) is 11.6. The van der Waals surface area contributed by atoms with Crippen LogP contribution in [0.2, 0.25) is 0 Å². The van der Waals surface area contributed by atoms with Gasteiger partial charge in [0.1, 0.15) is 5.75 Å². The Bertz CT molecular complexity index is 740. The summed E-state index contributed by atoms with van der Waals surface area (Å²) < 4.78 is 7.56. The standard InChI is InChI=1S/C18H21N3O3/c1-3-4-5-17-18(23)20(2)14-10-13(6-7-16(14)24-17)15(22)11-21-9-8-19-12-21/h6-10,12,17H,3-5,11H2,1-2H3. The third kappa shape index (κ3) is 3.18. The van der Waals surface area contributed by atoms with Gasteiger partial charge < -0.3 is 14.2 Å². The van der Waals surface area contributed by atoms with E-state index in [-0.39, 0.29) is 18.2 Å². The Balaban J connectivity index is 1.81. The lowest BCUT2D eigenvalue weighted by atomic mass is 10.1. The topological polar surface area (TPSA) is 64.4 Å². The minimum atomic E-state index is -0.435. The van der Waals surface area contributed by atoms with E-state index in [1.807, 2.05) is 0 Å². The van der Waals surface area contributed by atoms with Gasteiger partial charge in [0.2, 0.25) is 0 Å². The number of amides is 1. The van der Waals surface area contributed by atoms with Crippen LogP contribution in [-0.4, -0.2) is 34.4 Å². The van der Waals surface area contributed by atoms with Crippen LogP contribution in [0.5, 0.6) is 5.75 Å². The fourth-order valence-corrected chi connectivity index (χ4v) is 2.80. The number of benzene rings is 1. The van der Waals surface area contributed by atoms with Gasteiger partial charge in [-0.15, -0.1) is 0 Å². The van der Waals surface area contributed by atoms with Crippen molar-refractivity contribution in [2.75, 3.05) is 11.9 Å². The molecule has 0 N–H and O–H groups in total. The SMILES string of the molecule is CCCCC1Oc2ccc(C(=O)Cn3ccnc3)cc2N(C)C1=O. The second-order valence-corrected chi connectivity index (χ2v) is 5.99. The fraction of sp³-hybridized carbons (Fsp3) is 0.389. The molecular formula is C18H21N3O3. The second kappa shape index (κ2) is 6.86. The molecule has 0 radical (unpaired) electrons. The lowest BCUT2D eigenvalue weighted by Crippen LogP contribution is -2.43. The van der Waals surface area contributed by atoms with Gasteiger partial charge in [-0.05, 0) is 31.0 Å². The predicted molar refractivity (Wildman–Crippen MR) is 90.4 cm³/mol. The number of hydrogen-bond donors (Lipinski definition) is 0. The number of fused-ring (bicyclic) bond motifs is 1. The van der Waals surface area contributed by atoms with Crippen molar-refractivity contribution in [2.45, 2.75) is 38.8 Å².